The van der Waals surface area contributed by atoms with Crippen molar-refractivity contribution >= 4 is 48.7 Å². The quantitative estimate of drug-likeness (QED) is 0.259. The molecular formula is C30H29NO6S. The molecule has 8 heteroatoms. The van der Waals surface area contributed by atoms with Crippen LogP contribution >= 0.6 is 0 Å². The number of aromatic nitrogens is 1. The molecule has 1 aliphatic rings. The Bertz CT molecular complexity index is 1720. The molecular weight excluding hydrogens is 502 g/mol. The molecule has 0 spiro atoms. The summed E-state index contributed by atoms with van der Waals surface area (Å²) >= 11 is 0. The van der Waals surface area contributed by atoms with Crippen LogP contribution in [0.1, 0.15) is 43.6 Å². The van der Waals surface area contributed by atoms with Gasteiger partial charge in [0, 0.05) is 34.0 Å². The third-order valence-electron chi connectivity index (χ3n) is 6.71. The lowest BCUT2D eigenvalue weighted by molar-refractivity contribution is -0.160. The lowest BCUT2D eigenvalue weighted by Crippen LogP contribution is -2.28. The van der Waals surface area contributed by atoms with E-state index in [0.29, 0.717) is 44.7 Å². The van der Waals surface area contributed by atoms with Gasteiger partial charge in [-0.25, -0.2) is 4.79 Å². The van der Waals surface area contributed by atoms with Gasteiger partial charge in [-0.2, -0.15) is 0 Å². The van der Waals surface area contributed by atoms with Gasteiger partial charge in [0.25, 0.3) is 0 Å². The Morgan fingerprint density at radius 2 is 1.97 bits per heavy atom. The van der Waals surface area contributed by atoms with Gasteiger partial charge in [-0.15, -0.1) is 0 Å². The molecule has 0 bridgehead atoms. The van der Waals surface area contributed by atoms with Gasteiger partial charge in [0.2, 0.25) is 5.62 Å². The molecule has 0 amide bonds. The highest BCUT2D eigenvalue weighted by molar-refractivity contribution is 8.12. The molecule has 38 heavy (non-hydrogen) atoms. The van der Waals surface area contributed by atoms with Crippen LogP contribution in [0.2, 0.25) is 0 Å². The number of fused-ring (bicyclic) bond motifs is 1. The van der Waals surface area contributed by atoms with E-state index in [1.807, 2.05) is 52.0 Å². The summed E-state index contributed by atoms with van der Waals surface area (Å²) in [7, 11) is -3.11. The normalized spacial score (nSPS) is 15.6. The van der Waals surface area contributed by atoms with Crippen LogP contribution in [-0.2, 0) is 30.3 Å². The van der Waals surface area contributed by atoms with E-state index < -0.39 is 27.2 Å². The number of benzene rings is 3. The van der Waals surface area contributed by atoms with E-state index in [2.05, 4.69) is 5.87 Å². The standard InChI is InChI=1S/C30H29NO6S/c1-17-14-19-15-20(38(5,35)16-32)6-7-21(19)26(24(17)28(29(33)34)37-30(2,3)4)22-8-9-23-25-18(11-13-36-23)10-12-31-27(22)25/h6-10,12,14-16,28H,5,11,13H2,1-4H3,(H,33,34). The number of carbonyl (C=O) groups is 2. The lowest BCUT2D eigenvalue weighted by atomic mass is 9.85. The maximum absolute atomic E-state index is 12.7. The summed E-state index contributed by atoms with van der Waals surface area (Å²) in [4.78, 5) is 29.2. The predicted molar refractivity (Wildman–Crippen MR) is 150 cm³/mol. The molecule has 0 aliphatic carbocycles. The minimum atomic E-state index is -3.11. The number of aryl methyl sites for hydroxylation is 1. The SMILES string of the molecule is C=S(=O)(C=O)c1ccc2c(-c3ccc4c5c(ccnc35)CCO4)c(C(OC(C)(C)C)C(=O)O)c(C)cc2c1. The zero-order chi connectivity index (χ0) is 27.4. The molecule has 3 aromatic carbocycles. The van der Waals surface area contributed by atoms with Gasteiger partial charge in [-0.3, -0.25) is 14.0 Å². The van der Waals surface area contributed by atoms with Crippen molar-refractivity contribution in [3.05, 3.63) is 65.4 Å². The van der Waals surface area contributed by atoms with Crippen molar-refractivity contribution in [2.75, 3.05) is 6.61 Å². The number of pyridine rings is 1. The van der Waals surface area contributed by atoms with Gasteiger partial charge in [0.15, 0.2) is 6.10 Å². The Morgan fingerprint density at radius 3 is 2.66 bits per heavy atom. The second kappa shape index (κ2) is 9.22. The first-order chi connectivity index (χ1) is 17.9. The Morgan fingerprint density at radius 1 is 1.21 bits per heavy atom. The molecule has 0 saturated carbocycles. The minimum absolute atomic E-state index is 0.308. The fraction of sp³-hybridized carbons (Fsp3) is 0.267. The highest BCUT2D eigenvalue weighted by Gasteiger charge is 2.32. The molecule has 0 fully saturated rings. The Labute approximate surface area is 221 Å². The highest BCUT2D eigenvalue weighted by atomic mass is 32.2. The first-order valence-corrected chi connectivity index (χ1v) is 14.0. The van der Waals surface area contributed by atoms with Crippen LogP contribution < -0.4 is 4.74 Å². The highest BCUT2D eigenvalue weighted by Crippen LogP contribution is 2.45. The van der Waals surface area contributed by atoms with Crippen LogP contribution in [0.5, 0.6) is 5.75 Å². The number of ether oxygens (including phenoxy) is 2. The fourth-order valence-corrected chi connectivity index (χ4v) is 5.87. The van der Waals surface area contributed by atoms with Gasteiger partial charge in [-0.1, -0.05) is 12.1 Å². The van der Waals surface area contributed by atoms with E-state index in [4.69, 9.17) is 14.5 Å². The maximum atomic E-state index is 12.7. The van der Waals surface area contributed by atoms with E-state index >= 15 is 0 Å². The maximum Gasteiger partial charge on any atom is 0.337 e. The van der Waals surface area contributed by atoms with Gasteiger partial charge < -0.3 is 14.6 Å². The van der Waals surface area contributed by atoms with Crippen LogP contribution in [0, 0.1) is 6.92 Å². The molecule has 4 aromatic rings. The number of carbonyl (C=O) groups excluding carboxylic acids is 1. The fourth-order valence-electron chi connectivity index (χ4n) is 5.13. The minimum Gasteiger partial charge on any atom is -0.493 e. The first kappa shape index (κ1) is 25.9. The molecule has 7 nitrogen and oxygen atoms in total. The van der Waals surface area contributed by atoms with E-state index in [0.717, 1.165) is 34.1 Å². The molecule has 196 valence electrons. The molecule has 5 rings (SSSR count). The van der Waals surface area contributed by atoms with E-state index in [9.17, 15) is 18.9 Å². The third kappa shape index (κ3) is 4.44. The van der Waals surface area contributed by atoms with Crippen molar-refractivity contribution in [3.63, 3.8) is 0 Å². The van der Waals surface area contributed by atoms with Crippen molar-refractivity contribution in [2.24, 2.45) is 0 Å². The second-order valence-corrected chi connectivity index (χ2v) is 12.7. The molecule has 0 radical (unpaired) electrons. The Balaban J connectivity index is 1.92. The first-order valence-electron chi connectivity index (χ1n) is 12.3. The third-order valence-corrected chi connectivity index (χ3v) is 8.07. The van der Waals surface area contributed by atoms with Crippen LogP contribution in [0.25, 0.3) is 32.8 Å². The van der Waals surface area contributed by atoms with Crippen LogP contribution in [0.15, 0.2) is 53.6 Å². The van der Waals surface area contributed by atoms with Gasteiger partial charge in [0.05, 0.1) is 27.2 Å². The number of carboxylic acids is 1. The van der Waals surface area contributed by atoms with Crippen LogP contribution in [-0.4, -0.2) is 44.0 Å². The van der Waals surface area contributed by atoms with E-state index in [-0.39, 0.29) is 0 Å². The molecule has 1 aromatic heterocycles. The summed E-state index contributed by atoms with van der Waals surface area (Å²) in [5, 5.41) is 12.7. The average molecular weight is 532 g/mol. The smallest absolute Gasteiger partial charge is 0.337 e. The monoisotopic (exact) mass is 531 g/mol. The lowest BCUT2D eigenvalue weighted by Gasteiger charge is -2.29. The van der Waals surface area contributed by atoms with Crippen molar-refractivity contribution in [2.45, 2.75) is 50.7 Å². The average Bonchev–Trinajstić information content (AvgIpc) is 2.86. The van der Waals surface area contributed by atoms with Gasteiger partial charge in [0.1, 0.15) is 5.75 Å². The van der Waals surface area contributed by atoms with Gasteiger partial charge >= 0.3 is 5.97 Å². The number of carboxylic acid groups (broad SMARTS) is 1. The summed E-state index contributed by atoms with van der Waals surface area (Å²) in [5.41, 5.74) is 4.03. The topological polar surface area (TPSA) is 103 Å². The molecule has 0 saturated heterocycles. The molecule has 1 N–H and O–H groups in total. The zero-order valence-electron chi connectivity index (χ0n) is 21.7. The molecule has 2 unspecified atom stereocenters. The van der Waals surface area contributed by atoms with Crippen molar-refractivity contribution < 1.29 is 28.4 Å². The number of aliphatic carboxylic acids is 1. The molecule has 2 heterocycles. The van der Waals surface area contributed by atoms with E-state index in [1.165, 1.54) is 0 Å². The van der Waals surface area contributed by atoms with Gasteiger partial charge in [-0.05, 0) is 91.4 Å². The second-order valence-electron chi connectivity index (χ2n) is 10.5. The van der Waals surface area contributed by atoms with Crippen molar-refractivity contribution in [1.82, 2.24) is 4.98 Å². The Kier molecular flexibility index (Phi) is 6.28. The Hall–Kier alpha value is -3.75. The van der Waals surface area contributed by atoms with Crippen molar-refractivity contribution in [1.29, 1.82) is 0 Å². The number of rotatable bonds is 6. The largest absolute Gasteiger partial charge is 0.493 e. The predicted octanol–water partition coefficient (Wildman–Crippen LogP) is 5.50. The molecule has 2 atom stereocenters. The van der Waals surface area contributed by atoms with Crippen molar-refractivity contribution in [3.8, 4) is 16.9 Å². The number of nitrogens with zero attached hydrogens (tertiary/aromatic N) is 1. The summed E-state index contributed by atoms with van der Waals surface area (Å²) in [6.45, 7) is 7.86. The summed E-state index contributed by atoms with van der Waals surface area (Å²) in [5.74, 6) is 3.22. The summed E-state index contributed by atoms with van der Waals surface area (Å²) in [6, 6.07) is 12.7. The number of hydrogen-bond donors (Lipinski definition) is 1. The number of hydrogen-bond acceptors (Lipinski definition) is 6. The zero-order valence-corrected chi connectivity index (χ0v) is 22.6. The summed E-state index contributed by atoms with van der Waals surface area (Å²) in [6.07, 6.45) is 1.24. The summed E-state index contributed by atoms with van der Waals surface area (Å²) < 4.78 is 24.8. The van der Waals surface area contributed by atoms with Crippen LogP contribution in [0.4, 0.5) is 0 Å². The van der Waals surface area contributed by atoms with Crippen LogP contribution in [0.3, 0.4) is 0 Å². The molecule has 1 aliphatic heterocycles. The van der Waals surface area contributed by atoms with E-state index in [1.54, 1.807) is 24.4 Å².